The molecule has 0 saturated carbocycles. The van der Waals surface area contributed by atoms with E-state index in [1.54, 1.807) is 0 Å². The van der Waals surface area contributed by atoms with Crippen molar-refractivity contribution in [3.8, 4) is 0 Å². The lowest BCUT2D eigenvalue weighted by Crippen LogP contribution is -2.42. The van der Waals surface area contributed by atoms with Crippen molar-refractivity contribution in [2.45, 2.75) is 19.1 Å². The molecule has 0 rings (SSSR count). The topological polar surface area (TPSA) is 107 Å². The van der Waals surface area contributed by atoms with Gasteiger partial charge in [0.15, 0.2) is 0 Å². The smallest absolute Gasteiger partial charge is 0.323 e. The van der Waals surface area contributed by atoms with Crippen molar-refractivity contribution >= 4 is 16.1 Å². The number of carboxylic acids is 1. The van der Waals surface area contributed by atoms with Crippen molar-refractivity contribution < 1.29 is 22.5 Å². The average Bonchev–Trinajstić information content (AvgIpc) is 1.82. The third-order valence-corrected chi connectivity index (χ3v) is 1.77. The van der Waals surface area contributed by atoms with Gasteiger partial charge < -0.3 is 10.8 Å². The fraction of sp³-hybridized carbons (Fsp3) is 0.800. The summed E-state index contributed by atoms with van der Waals surface area (Å²) in [5.74, 6) is -1.30. The van der Waals surface area contributed by atoms with E-state index in [0.717, 1.165) is 6.26 Å². The molecule has 12 heavy (non-hydrogen) atoms. The van der Waals surface area contributed by atoms with Crippen molar-refractivity contribution in [1.29, 1.82) is 0 Å². The molecule has 0 aromatic carbocycles. The second-order valence-electron chi connectivity index (χ2n) is 2.37. The molecular formula is C5H11NO5S. The van der Waals surface area contributed by atoms with Crippen molar-refractivity contribution in [2.75, 3.05) is 6.26 Å². The Labute approximate surface area is 70.4 Å². The predicted octanol–water partition coefficient (Wildman–Crippen LogP) is -1.24. The normalized spacial score (nSPS) is 16.9. The number of carbonyl (C=O) groups is 1. The first kappa shape index (κ1) is 11.3. The van der Waals surface area contributed by atoms with Crippen LogP contribution in [0.4, 0.5) is 0 Å². The molecule has 0 bridgehead atoms. The van der Waals surface area contributed by atoms with Gasteiger partial charge in [-0.15, -0.1) is 0 Å². The molecule has 7 heteroatoms. The third-order valence-electron chi connectivity index (χ3n) is 1.12. The number of nitrogens with two attached hydrogens (primary N) is 1. The lowest BCUT2D eigenvalue weighted by atomic mass is 10.2. The summed E-state index contributed by atoms with van der Waals surface area (Å²) in [7, 11) is -3.65. The summed E-state index contributed by atoms with van der Waals surface area (Å²) < 4.78 is 25.3. The quantitative estimate of drug-likeness (QED) is 0.546. The van der Waals surface area contributed by atoms with Crippen molar-refractivity contribution in [2.24, 2.45) is 5.73 Å². The molecule has 2 atom stereocenters. The molecule has 0 aliphatic rings. The number of rotatable bonds is 4. The van der Waals surface area contributed by atoms with Crippen molar-refractivity contribution in [3.63, 3.8) is 0 Å². The predicted molar refractivity (Wildman–Crippen MR) is 41.0 cm³/mol. The van der Waals surface area contributed by atoms with E-state index in [1.807, 2.05) is 0 Å². The minimum Gasteiger partial charge on any atom is -0.480 e. The van der Waals surface area contributed by atoms with E-state index < -0.39 is 28.2 Å². The van der Waals surface area contributed by atoms with E-state index in [1.165, 1.54) is 6.92 Å². The zero-order valence-electron chi connectivity index (χ0n) is 6.72. The van der Waals surface area contributed by atoms with Gasteiger partial charge in [0, 0.05) is 0 Å². The van der Waals surface area contributed by atoms with E-state index in [4.69, 9.17) is 10.8 Å². The van der Waals surface area contributed by atoms with Gasteiger partial charge in [-0.1, -0.05) is 0 Å². The van der Waals surface area contributed by atoms with Gasteiger partial charge in [0.05, 0.1) is 6.26 Å². The molecular weight excluding hydrogens is 186 g/mol. The fourth-order valence-electron chi connectivity index (χ4n) is 0.536. The number of carboxylic acid groups (broad SMARTS) is 1. The van der Waals surface area contributed by atoms with Crippen LogP contribution < -0.4 is 5.73 Å². The van der Waals surface area contributed by atoms with Gasteiger partial charge in [0.1, 0.15) is 12.1 Å². The van der Waals surface area contributed by atoms with E-state index in [0.29, 0.717) is 0 Å². The van der Waals surface area contributed by atoms with Crippen LogP contribution in [0.5, 0.6) is 0 Å². The first-order valence-corrected chi connectivity index (χ1v) is 4.92. The van der Waals surface area contributed by atoms with Crippen LogP contribution in [-0.2, 0) is 19.1 Å². The molecule has 0 fully saturated rings. The minimum absolute atomic E-state index is 0.831. The molecule has 0 unspecified atom stereocenters. The highest BCUT2D eigenvalue weighted by Gasteiger charge is 2.23. The molecule has 6 nitrogen and oxygen atoms in total. The zero-order valence-corrected chi connectivity index (χ0v) is 7.54. The Morgan fingerprint density at radius 2 is 2.00 bits per heavy atom. The number of hydrogen-bond donors (Lipinski definition) is 2. The summed E-state index contributed by atoms with van der Waals surface area (Å²) >= 11 is 0. The molecule has 0 spiro atoms. The Kier molecular flexibility index (Phi) is 3.62. The third kappa shape index (κ3) is 4.27. The van der Waals surface area contributed by atoms with Crippen LogP contribution in [0.3, 0.4) is 0 Å². The molecule has 72 valence electrons. The van der Waals surface area contributed by atoms with E-state index in [2.05, 4.69) is 4.18 Å². The van der Waals surface area contributed by atoms with Gasteiger partial charge in [0.25, 0.3) is 10.1 Å². The maximum absolute atomic E-state index is 10.5. The first-order chi connectivity index (χ1) is 5.24. The second kappa shape index (κ2) is 3.83. The summed E-state index contributed by atoms with van der Waals surface area (Å²) in [6.45, 7) is 1.28. The zero-order chi connectivity index (χ0) is 9.94. The van der Waals surface area contributed by atoms with Gasteiger partial charge in [-0.05, 0) is 6.92 Å². The largest absolute Gasteiger partial charge is 0.480 e. The molecule has 0 aromatic rings. The average molecular weight is 197 g/mol. The highest BCUT2D eigenvalue weighted by Crippen LogP contribution is 2.00. The van der Waals surface area contributed by atoms with E-state index in [-0.39, 0.29) is 0 Å². The van der Waals surface area contributed by atoms with Crippen LogP contribution in [0.15, 0.2) is 0 Å². The maximum atomic E-state index is 10.5. The lowest BCUT2D eigenvalue weighted by Gasteiger charge is -2.14. The lowest BCUT2D eigenvalue weighted by molar-refractivity contribution is -0.140. The van der Waals surface area contributed by atoms with E-state index >= 15 is 0 Å². The fourth-order valence-corrected chi connectivity index (χ4v) is 1.21. The summed E-state index contributed by atoms with van der Waals surface area (Å²) in [6.07, 6.45) is -0.226. The van der Waals surface area contributed by atoms with Gasteiger partial charge in [-0.2, -0.15) is 8.42 Å². The molecule has 0 amide bonds. The van der Waals surface area contributed by atoms with Crippen LogP contribution in [0, 0.1) is 0 Å². The standard InChI is InChI=1S/C5H11NO5S/c1-3(4(6)5(7)8)11-12(2,9)10/h3-4H,6H2,1-2H3,(H,7,8)/t3-,4+/m1/s1. The molecule has 0 radical (unpaired) electrons. The number of hydrogen-bond acceptors (Lipinski definition) is 5. The highest BCUT2D eigenvalue weighted by molar-refractivity contribution is 7.86. The van der Waals surface area contributed by atoms with Gasteiger partial charge in [-0.3, -0.25) is 8.98 Å². The van der Waals surface area contributed by atoms with Crippen molar-refractivity contribution in [3.05, 3.63) is 0 Å². The maximum Gasteiger partial charge on any atom is 0.323 e. The van der Waals surface area contributed by atoms with Crippen LogP contribution in [0.1, 0.15) is 6.92 Å². The Hall–Kier alpha value is -0.660. The molecule has 0 aliphatic heterocycles. The summed E-state index contributed by atoms with van der Waals surface area (Å²) in [5.41, 5.74) is 5.08. The van der Waals surface area contributed by atoms with Gasteiger partial charge >= 0.3 is 5.97 Å². The Morgan fingerprint density at radius 1 is 1.58 bits per heavy atom. The highest BCUT2D eigenvalue weighted by atomic mass is 32.2. The molecule has 3 N–H and O–H groups in total. The molecule has 0 aliphatic carbocycles. The first-order valence-electron chi connectivity index (χ1n) is 3.10. The summed E-state index contributed by atoms with van der Waals surface area (Å²) in [6, 6.07) is -1.33. The van der Waals surface area contributed by atoms with Crippen LogP contribution in [0.25, 0.3) is 0 Å². The second-order valence-corrected chi connectivity index (χ2v) is 3.97. The monoisotopic (exact) mass is 197 g/mol. The van der Waals surface area contributed by atoms with Crippen LogP contribution in [-0.4, -0.2) is 37.9 Å². The Morgan fingerprint density at radius 3 is 2.25 bits per heavy atom. The minimum atomic E-state index is -3.65. The van der Waals surface area contributed by atoms with Crippen LogP contribution in [0.2, 0.25) is 0 Å². The van der Waals surface area contributed by atoms with Gasteiger partial charge in [-0.25, -0.2) is 0 Å². The van der Waals surface area contributed by atoms with Crippen molar-refractivity contribution in [1.82, 2.24) is 0 Å². The SMILES string of the molecule is C[C@@H](OS(C)(=O)=O)[C@H](N)C(=O)O. The summed E-state index contributed by atoms with van der Waals surface area (Å²) in [5, 5.41) is 8.35. The molecule has 0 heterocycles. The van der Waals surface area contributed by atoms with Crippen LogP contribution >= 0.6 is 0 Å². The number of aliphatic carboxylic acids is 1. The molecule has 0 saturated heterocycles. The Balaban J connectivity index is 4.23. The Bertz CT molecular complexity index is 259. The van der Waals surface area contributed by atoms with E-state index in [9.17, 15) is 13.2 Å². The van der Waals surface area contributed by atoms with Gasteiger partial charge in [0.2, 0.25) is 0 Å². The molecule has 0 aromatic heterocycles. The summed E-state index contributed by atoms with van der Waals surface area (Å²) in [4.78, 5) is 10.2.